The molecule has 1 aromatic carbocycles. The number of ether oxygens (including phenoxy) is 1. The number of hydrogen-bond donors (Lipinski definition) is 0. The van der Waals surface area contributed by atoms with Gasteiger partial charge in [-0.25, -0.2) is 4.79 Å². The van der Waals surface area contributed by atoms with Gasteiger partial charge in [0.25, 0.3) is 5.69 Å². The van der Waals surface area contributed by atoms with E-state index in [0.717, 1.165) is 12.8 Å². The molecule has 1 aliphatic rings. The molecular weight excluding hydrogens is 300 g/mol. The lowest BCUT2D eigenvalue weighted by Crippen LogP contribution is -2.47. The predicted octanol–water partition coefficient (Wildman–Crippen LogP) is 2.16. The summed E-state index contributed by atoms with van der Waals surface area (Å²) in [5.74, 6) is -0.666. The third-order valence-corrected chi connectivity index (χ3v) is 3.78. The molecule has 7 nitrogen and oxygen atoms in total. The van der Waals surface area contributed by atoms with E-state index in [4.69, 9.17) is 4.74 Å². The second-order valence-electron chi connectivity index (χ2n) is 5.25. The van der Waals surface area contributed by atoms with Crippen LogP contribution in [-0.2, 0) is 14.3 Å². The van der Waals surface area contributed by atoms with Crippen LogP contribution < -0.4 is 0 Å². The smallest absolute Gasteiger partial charge is 0.328 e. The standard InChI is InChI=1S/C16H18N2O5/c1-23-16(20)14-4-2-3-11-17(14)15(19)10-7-12-5-8-13(9-6-12)18(21)22/h5-10,14H,2-4,11H2,1H3/b10-7+. The molecule has 0 bridgehead atoms. The van der Waals surface area contributed by atoms with Crippen molar-refractivity contribution in [3.63, 3.8) is 0 Å². The molecule has 0 aliphatic carbocycles. The second kappa shape index (κ2) is 7.53. The fourth-order valence-electron chi connectivity index (χ4n) is 2.55. The highest BCUT2D eigenvalue weighted by Crippen LogP contribution is 2.19. The highest BCUT2D eigenvalue weighted by atomic mass is 16.6. The summed E-state index contributed by atoms with van der Waals surface area (Å²) in [5.41, 5.74) is 0.672. The van der Waals surface area contributed by atoms with Crippen LogP contribution in [0.3, 0.4) is 0 Å². The first kappa shape index (κ1) is 16.7. The molecule has 0 N–H and O–H groups in total. The van der Waals surface area contributed by atoms with Gasteiger partial charge in [-0.3, -0.25) is 14.9 Å². The van der Waals surface area contributed by atoms with E-state index in [0.29, 0.717) is 18.5 Å². The predicted molar refractivity (Wildman–Crippen MR) is 83.5 cm³/mol. The van der Waals surface area contributed by atoms with Crippen molar-refractivity contribution in [2.45, 2.75) is 25.3 Å². The number of benzene rings is 1. The van der Waals surface area contributed by atoms with Gasteiger partial charge in [-0.1, -0.05) is 0 Å². The van der Waals surface area contributed by atoms with E-state index in [1.165, 1.54) is 30.2 Å². The summed E-state index contributed by atoms with van der Waals surface area (Å²) in [6.45, 7) is 0.517. The Hall–Kier alpha value is -2.70. The van der Waals surface area contributed by atoms with E-state index in [9.17, 15) is 19.7 Å². The number of nitro benzene ring substituents is 1. The number of esters is 1. The van der Waals surface area contributed by atoms with Crippen molar-refractivity contribution in [3.8, 4) is 0 Å². The minimum absolute atomic E-state index is 0.00439. The van der Waals surface area contributed by atoms with Crippen molar-refractivity contribution in [1.82, 2.24) is 4.90 Å². The number of amides is 1. The second-order valence-corrected chi connectivity index (χ2v) is 5.25. The van der Waals surface area contributed by atoms with Crippen LogP contribution in [-0.4, -0.2) is 41.4 Å². The maximum atomic E-state index is 12.3. The van der Waals surface area contributed by atoms with Crippen LogP contribution in [0.1, 0.15) is 24.8 Å². The molecule has 0 spiro atoms. The van der Waals surface area contributed by atoms with Crippen molar-refractivity contribution in [3.05, 3.63) is 46.0 Å². The molecular formula is C16H18N2O5. The molecule has 23 heavy (non-hydrogen) atoms. The van der Waals surface area contributed by atoms with E-state index in [1.807, 2.05) is 0 Å². The zero-order valence-electron chi connectivity index (χ0n) is 12.8. The van der Waals surface area contributed by atoms with Crippen molar-refractivity contribution in [2.75, 3.05) is 13.7 Å². The molecule has 0 aromatic heterocycles. The summed E-state index contributed by atoms with van der Waals surface area (Å²) < 4.78 is 4.75. The monoisotopic (exact) mass is 318 g/mol. The minimum atomic E-state index is -0.539. The largest absolute Gasteiger partial charge is 0.467 e. The Morgan fingerprint density at radius 2 is 2.00 bits per heavy atom. The topological polar surface area (TPSA) is 89.8 Å². The van der Waals surface area contributed by atoms with Gasteiger partial charge in [0.1, 0.15) is 6.04 Å². The molecule has 0 radical (unpaired) electrons. The quantitative estimate of drug-likeness (QED) is 0.367. The summed E-state index contributed by atoms with van der Waals surface area (Å²) in [5, 5.41) is 10.6. The van der Waals surface area contributed by atoms with Gasteiger partial charge >= 0.3 is 5.97 Å². The van der Waals surface area contributed by atoms with Crippen LogP contribution in [0, 0.1) is 10.1 Å². The highest BCUT2D eigenvalue weighted by Gasteiger charge is 2.31. The molecule has 1 aromatic rings. The van der Waals surface area contributed by atoms with Gasteiger partial charge < -0.3 is 9.64 Å². The molecule has 1 amide bonds. The van der Waals surface area contributed by atoms with Crippen molar-refractivity contribution in [2.24, 2.45) is 0 Å². The SMILES string of the molecule is COC(=O)C1CCCCN1C(=O)/C=C/c1ccc([N+](=O)[O-])cc1. The number of hydrogen-bond acceptors (Lipinski definition) is 5. The lowest BCUT2D eigenvalue weighted by Gasteiger charge is -2.32. The van der Waals surface area contributed by atoms with Crippen LogP contribution >= 0.6 is 0 Å². The zero-order valence-corrected chi connectivity index (χ0v) is 12.8. The van der Waals surface area contributed by atoms with Gasteiger partial charge in [-0.05, 0) is 43.0 Å². The molecule has 1 unspecified atom stereocenters. The fraction of sp³-hybridized carbons (Fsp3) is 0.375. The van der Waals surface area contributed by atoms with Gasteiger partial charge in [0.05, 0.1) is 12.0 Å². The first-order chi connectivity index (χ1) is 11.0. The maximum Gasteiger partial charge on any atom is 0.328 e. The zero-order chi connectivity index (χ0) is 16.8. The molecule has 1 saturated heterocycles. The molecule has 7 heteroatoms. The van der Waals surface area contributed by atoms with Gasteiger partial charge in [0.15, 0.2) is 0 Å². The van der Waals surface area contributed by atoms with Crippen LogP contribution in [0.15, 0.2) is 30.3 Å². The number of nitro groups is 1. The minimum Gasteiger partial charge on any atom is -0.467 e. The lowest BCUT2D eigenvalue weighted by atomic mass is 10.0. The van der Waals surface area contributed by atoms with Crippen LogP contribution in [0.5, 0.6) is 0 Å². The molecule has 1 heterocycles. The van der Waals surface area contributed by atoms with Crippen molar-refractivity contribution < 1.29 is 19.2 Å². The van der Waals surface area contributed by atoms with E-state index >= 15 is 0 Å². The van der Waals surface area contributed by atoms with Gasteiger partial charge in [0.2, 0.25) is 5.91 Å². The third kappa shape index (κ3) is 4.15. The Morgan fingerprint density at radius 1 is 1.30 bits per heavy atom. The molecule has 0 saturated carbocycles. The number of piperidine rings is 1. The molecule has 122 valence electrons. The first-order valence-corrected chi connectivity index (χ1v) is 7.34. The molecule has 1 atom stereocenters. The number of rotatable bonds is 4. The Bertz CT molecular complexity index is 624. The number of likely N-dealkylation sites (tertiary alicyclic amines) is 1. The number of carbonyl (C=O) groups excluding carboxylic acids is 2. The van der Waals surface area contributed by atoms with E-state index < -0.39 is 16.9 Å². The highest BCUT2D eigenvalue weighted by molar-refractivity contribution is 5.94. The Balaban J connectivity index is 2.07. The summed E-state index contributed by atoms with van der Waals surface area (Å²) >= 11 is 0. The normalized spacial score (nSPS) is 18.0. The van der Waals surface area contributed by atoms with E-state index in [-0.39, 0.29) is 11.6 Å². The fourth-order valence-corrected chi connectivity index (χ4v) is 2.55. The third-order valence-electron chi connectivity index (χ3n) is 3.78. The van der Waals surface area contributed by atoms with Gasteiger partial charge in [-0.2, -0.15) is 0 Å². The van der Waals surface area contributed by atoms with Gasteiger partial charge in [0, 0.05) is 24.8 Å². The molecule has 2 rings (SSSR count). The number of nitrogens with zero attached hydrogens (tertiary/aromatic N) is 2. The summed E-state index contributed by atoms with van der Waals surface area (Å²) in [6, 6.07) is 5.35. The Labute approximate surface area is 133 Å². The number of methoxy groups -OCH3 is 1. The van der Waals surface area contributed by atoms with Crippen molar-refractivity contribution >= 4 is 23.6 Å². The lowest BCUT2D eigenvalue weighted by molar-refractivity contribution is -0.384. The Morgan fingerprint density at radius 3 is 2.61 bits per heavy atom. The number of non-ortho nitro benzene ring substituents is 1. The van der Waals surface area contributed by atoms with Crippen molar-refractivity contribution in [1.29, 1.82) is 0 Å². The van der Waals surface area contributed by atoms with Gasteiger partial charge in [-0.15, -0.1) is 0 Å². The average Bonchev–Trinajstić information content (AvgIpc) is 2.59. The summed E-state index contributed by atoms with van der Waals surface area (Å²) in [7, 11) is 1.31. The molecule has 1 fully saturated rings. The Kier molecular flexibility index (Phi) is 5.46. The van der Waals surface area contributed by atoms with Crippen LogP contribution in [0.25, 0.3) is 6.08 Å². The van der Waals surface area contributed by atoms with E-state index in [2.05, 4.69) is 0 Å². The summed E-state index contributed by atoms with van der Waals surface area (Å²) in [4.78, 5) is 35.7. The number of carbonyl (C=O) groups is 2. The molecule has 1 aliphatic heterocycles. The first-order valence-electron chi connectivity index (χ1n) is 7.34. The van der Waals surface area contributed by atoms with Crippen LogP contribution in [0.4, 0.5) is 5.69 Å². The average molecular weight is 318 g/mol. The van der Waals surface area contributed by atoms with Crippen LogP contribution in [0.2, 0.25) is 0 Å². The summed E-state index contributed by atoms with van der Waals surface area (Å²) in [6.07, 6.45) is 5.29. The maximum absolute atomic E-state index is 12.3. The van der Waals surface area contributed by atoms with E-state index in [1.54, 1.807) is 18.2 Å².